The molecule has 1 unspecified atom stereocenters. The van der Waals surface area contributed by atoms with Crippen LogP contribution in [0.15, 0.2) is 40.0 Å². The second-order valence-corrected chi connectivity index (χ2v) is 5.78. The maximum atomic E-state index is 12.2. The summed E-state index contributed by atoms with van der Waals surface area (Å²) in [6.45, 7) is 4.12. The lowest BCUT2D eigenvalue weighted by molar-refractivity contribution is 0.346. The summed E-state index contributed by atoms with van der Waals surface area (Å²) in [4.78, 5) is 12.2. The molecule has 1 atom stereocenters. The van der Waals surface area contributed by atoms with Crippen molar-refractivity contribution < 1.29 is 0 Å². The molecule has 0 aliphatic carbocycles. The third-order valence-electron chi connectivity index (χ3n) is 3.70. The normalized spacial score (nSPS) is 22.8. The van der Waals surface area contributed by atoms with Gasteiger partial charge >= 0.3 is 0 Å². The fraction of sp³-hybridized carbons (Fsp3) is 0.357. The second kappa shape index (κ2) is 4.92. The van der Waals surface area contributed by atoms with Gasteiger partial charge in [0.25, 0.3) is 5.56 Å². The third-order valence-corrected chi connectivity index (χ3v) is 4.39. The summed E-state index contributed by atoms with van der Waals surface area (Å²) < 4.78 is 1.80. The van der Waals surface area contributed by atoms with Crippen LogP contribution in [0.2, 0.25) is 0 Å². The van der Waals surface area contributed by atoms with Crippen molar-refractivity contribution in [3.05, 3.63) is 56.6 Å². The summed E-state index contributed by atoms with van der Waals surface area (Å²) in [7, 11) is 0. The summed E-state index contributed by atoms with van der Waals surface area (Å²) in [6, 6.07) is 5.92. The molecule has 100 valence electrons. The Balaban J connectivity index is 1.99. The zero-order valence-electron chi connectivity index (χ0n) is 10.8. The van der Waals surface area contributed by atoms with Gasteiger partial charge in [-0.25, -0.2) is 0 Å². The van der Waals surface area contributed by atoms with E-state index in [0.29, 0.717) is 6.54 Å². The Bertz CT molecular complexity index is 612. The molecule has 3 heterocycles. The van der Waals surface area contributed by atoms with Crippen molar-refractivity contribution in [2.45, 2.75) is 19.0 Å². The van der Waals surface area contributed by atoms with Crippen LogP contribution in [0.25, 0.3) is 0 Å². The van der Waals surface area contributed by atoms with E-state index in [1.807, 2.05) is 25.3 Å². The molecule has 2 N–H and O–H groups in total. The maximum absolute atomic E-state index is 12.2. The van der Waals surface area contributed by atoms with E-state index >= 15 is 0 Å². The first-order chi connectivity index (χ1) is 9.21. The van der Waals surface area contributed by atoms with Gasteiger partial charge < -0.3 is 9.88 Å². The molecule has 0 radical (unpaired) electrons. The number of pyridine rings is 1. The number of hydrogen-bond acceptors (Lipinski definition) is 4. The maximum Gasteiger partial charge on any atom is 0.253 e. The van der Waals surface area contributed by atoms with Crippen molar-refractivity contribution in [3.63, 3.8) is 0 Å². The van der Waals surface area contributed by atoms with Crippen LogP contribution < -0.4 is 16.2 Å². The average molecular weight is 275 g/mol. The highest BCUT2D eigenvalue weighted by Crippen LogP contribution is 2.26. The summed E-state index contributed by atoms with van der Waals surface area (Å²) in [6.07, 6.45) is 1.86. The van der Waals surface area contributed by atoms with Crippen LogP contribution in [0.3, 0.4) is 0 Å². The van der Waals surface area contributed by atoms with Crippen LogP contribution in [-0.2, 0) is 12.1 Å². The Morgan fingerprint density at radius 2 is 2.37 bits per heavy atom. The first-order valence-corrected chi connectivity index (χ1v) is 7.30. The van der Waals surface area contributed by atoms with Crippen molar-refractivity contribution in [2.24, 2.45) is 0 Å². The molecular weight excluding hydrogens is 258 g/mol. The summed E-state index contributed by atoms with van der Waals surface area (Å²) in [5.74, 6) is 0. The molecule has 0 bridgehead atoms. The van der Waals surface area contributed by atoms with Gasteiger partial charge in [-0.3, -0.25) is 10.1 Å². The van der Waals surface area contributed by atoms with Gasteiger partial charge in [-0.2, -0.15) is 11.3 Å². The number of hydrogen-bond donors (Lipinski definition) is 2. The van der Waals surface area contributed by atoms with Crippen LogP contribution in [0, 0.1) is 6.92 Å². The molecule has 19 heavy (non-hydrogen) atoms. The number of aromatic nitrogens is 1. The molecule has 0 saturated carbocycles. The van der Waals surface area contributed by atoms with E-state index in [9.17, 15) is 4.79 Å². The molecule has 0 amide bonds. The lowest BCUT2D eigenvalue weighted by Crippen LogP contribution is -2.45. The lowest BCUT2D eigenvalue weighted by atomic mass is 9.93. The number of nitrogens with zero attached hydrogens (tertiary/aromatic N) is 1. The fourth-order valence-electron chi connectivity index (χ4n) is 2.59. The molecule has 5 heteroatoms. The fourth-order valence-corrected chi connectivity index (χ4v) is 3.34. The van der Waals surface area contributed by atoms with E-state index in [0.717, 1.165) is 18.8 Å². The highest BCUT2D eigenvalue weighted by Gasteiger charge is 2.36. The predicted molar refractivity (Wildman–Crippen MR) is 77.4 cm³/mol. The molecule has 1 saturated heterocycles. The zero-order valence-corrected chi connectivity index (χ0v) is 11.7. The highest BCUT2D eigenvalue weighted by atomic mass is 32.1. The second-order valence-electron chi connectivity index (χ2n) is 5.00. The Hall–Kier alpha value is -1.43. The molecule has 1 aliphatic rings. The quantitative estimate of drug-likeness (QED) is 0.886. The molecule has 3 rings (SSSR count). The Labute approximate surface area is 116 Å². The van der Waals surface area contributed by atoms with Crippen molar-refractivity contribution in [1.29, 1.82) is 0 Å². The van der Waals surface area contributed by atoms with Crippen LogP contribution in [0.5, 0.6) is 0 Å². The minimum Gasteiger partial charge on any atom is -0.313 e. The first-order valence-electron chi connectivity index (χ1n) is 6.36. The molecule has 2 aromatic heterocycles. The molecule has 0 spiro atoms. The summed E-state index contributed by atoms with van der Waals surface area (Å²) >= 11 is 1.69. The number of thiophene rings is 1. The van der Waals surface area contributed by atoms with Gasteiger partial charge in [-0.1, -0.05) is 6.07 Å². The lowest BCUT2D eigenvalue weighted by Gasteiger charge is -2.29. The predicted octanol–water partition coefficient (Wildman–Crippen LogP) is 1.26. The number of rotatable bonds is 3. The topological polar surface area (TPSA) is 46.1 Å². The first kappa shape index (κ1) is 12.6. The van der Waals surface area contributed by atoms with Gasteiger partial charge in [0.05, 0.1) is 5.54 Å². The molecular formula is C14H17N3OS. The molecule has 1 fully saturated rings. The minimum absolute atomic E-state index is 0.0887. The smallest absolute Gasteiger partial charge is 0.253 e. The molecule has 2 aromatic rings. The zero-order chi connectivity index (χ0) is 13.3. The van der Waals surface area contributed by atoms with Gasteiger partial charge in [0.1, 0.15) is 0 Å². The summed E-state index contributed by atoms with van der Waals surface area (Å²) in [5.41, 5.74) is 1.94. The monoisotopic (exact) mass is 275 g/mol. The van der Waals surface area contributed by atoms with Gasteiger partial charge in [0, 0.05) is 31.5 Å². The Morgan fingerprint density at radius 1 is 1.47 bits per heavy atom. The molecule has 1 aliphatic heterocycles. The highest BCUT2D eigenvalue weighted by molar-refractivity contribution is 7.08. The van der Waals surface area contributed by atoms with Crippen LogP contribution in [-0.4, -0.2) is 17.8 Å². The van der Waals surface area contributed by atoms with Crippen LogP contribution >= 0.6 is 11.3 Å². The third kappa shape index (κ3) is 2.25. The number of nitrogens with one attached hydrogen (secondary N) is 2. The van der Waals surface area contributed by atoms with Crippen molar-refractivity contribution in [1.82, 2.24) is 15.2 Å². The van der Waals surface area contributed by atoms with Crippen LogP contribution in [0.1, 0.15) is 11.1 Å². The van der Waals surface area contributed by atoms with Crippen molar-refractivity contribution in [3.8, 4) is 0 Å². The average Bonchev–Trinajstić information content (AvgIpc) is 3.06. The van der Waals surface area contributed by atoms with Crippen molar-refractivity contribution >= 4 is 11.3 Å². The standard InChI is InChI=1S/C14H17N3OS/c1-11-3-2-5-17(13(11)18)9-14(8-15-10-16-14)12-4-6-19-7-12/h2-7,15-16H,8-10H2,1H3. The Morgan fingerprint density at radius 3 is 3.05 bits per heavy atom. The van der Waals surface area contributed by atoms with Gasteiger partial charge in [0.2, 0.25) is 0 Å². The van der Waals surface area contributed by atoms with E-state index in [4.69, 9.17) is 0 Å². The van der Waals surface area contributed by atoms with E-state index in [-0.39, 0.29) is 11.1 Å². The molecule has 0 aromatic carbocycles. The van der Waals surface area contributed by atoms with E-state index in [1.165, 1.54) is 5.56 Å². The van der Waals surface area contributed by atoms with Crippen molar-refractivity contribution in [2.75, 3.05) is 13.2 Å². The summed E-state index contributed by atoms with van der Waals surface area (Å²) in [5, 5.41) is 11.1. The van der Waals surface area contributed by atoms with E-state index in [1.54, 1.807) is 15.9 Å². The van der Waals surface area contributed by atoms with Gasteiger partial charge in [0.15, 0.2) is 0 Å². The van der Waals surface area contributed by atoms with Crippen LogP contribution in [0.4, 0.5) is 0 Å². The minimum atomic E-state index is -0.183. The molecule has 4 nitrogen and oxygen atoms in total. The van der Waals surface area contributed by atoms with E-state index in [2.05, 4.69) is 27.5 Å². The Kier molecular flexibility index (Phi) is 3.26. The van der Waals surface area contributed by atoms with Gasteiger partial charge in [-0.15, -0.1) is 0 Å². The largest absolute Gasteiger partial charge is 0.313 e. The number of aryl methyl sites for hydroxylation is 1. The SMILES string of the molecule is Cc1cccn(CC2(c3ccsc3)CNCN2)c1=O. The van der Waals surface area contributed by atoms with E-state index < -0.39 is 0 Å². The van der Waals surface area contributed by atoms with Gasteiger partial charge in [-0.05, 0) is 35.4 Å².